The van der Waals surface area contributed by atoms with Crippen LogP contribution < -0.4 is 5.32 Å². The van der Waals surface area contributed by atoms with Gasteiger partial charge in [-0.1, -0.05) is 133 Å². The molecule has 1 unspecified atom stereocenters. The van der Waals surface area contributed by atoms with Crippen LogP contribution in [-0.4, -0.2) is 10.3 Å². The zero-order valence-electron chi connectivity index (χ0n) is 26.2. The molecule has 0 amide bonds. The number of aliphatic imine (C=N–C) groups is 1. The van der Waals surface area contributed by atoms with Crippen molar-refractivity contribution in [2.45, 2.75) is 6.29 Å². The van der Waals surface area contributed by atoms with Gasteiger partial charge in [0.25, 0.3) is 0 Å². The standard InChI is InChI=1S/C44H27N3S2/c1-2-12-26(13-3-1)27-22-24-28(25-23-27)40-38-32-17-7-11-21-36(32)49-43(38)46-44(45-40)47-34-19-9-6-16-31(34)37-29-14-4-5-15-30(29)42-39(41(37)47)33-18-8-10-20-35(33)48-42/h1-25,44,46H. The first kappa shape index (κ1) is 27.2. The number of anilines is 1. The molecular weight excluding hydrogens is 635 g/mol. The third kappa shape index (κ3) is 3.91. The van der Waals surface area contributed by atoms with Gasteiger partial charge in [0.15, 0.2) is 0 Å². The van der Waals surface area contributed by atoms with Gasteiger partial charge < -0.3 is 9.88 Å². The average molecular weight is 662 g/mol. The number of rotatable bonds is 3. The second-order valence-corrected chi connectivity index (χ2v) is 14.8. The third-order valence-corrected chi connectivity index (χ3v) is 12.3. The lowest BCUT2D eigenvalue weighted by Crippen LogP contribution is -2.24. The van der Waals surface area contributed by atoms with E-state index in [1.165, 1.54) is 79.5 Å². The van der Waals surface area contributed by atoms with Crippen LogP contribution in [0.1, 0.15) is 17.4 Å². The number of fused-ring (bicyclic) bond motifs is 13. The molecule has 10 aromatic rings. The number of nitrogens with one attached hydrogen (secondary N) is 1. The summed E-state index contributed by atoms with van der Waals surface area (Å²) in [6, 6.07) is 54.9. The summed E-state index contributed by atoms with van der Waals surface area (Å²) in [4.78, 5) is 5.69. The minimum atomic E-state index is -0.352. The Morgan fingerprint density at radius 3 is 1.88 bits per heavy atom. The highest BCUT2D eigenvalue weighted by atomic mass is 32.1. The molecule has 1 atom stereocenters. The van der Waals surface area contributed by atoms with Crippen molar-refractivity contribution in [2.24, 2.45) is 4.99 Å². The molecule has 0 spiro atoms. The molecule has 49 heavy (non-hydrogen) atoms. The number of hydrogen-bond donors (Lipinski definition) is 1. The second kappa shape index (κ2) is 10.4. The van der Waals surface area contributed by atoms with E-state index in [0.717, 1.165) is 16.3 Å². The van der Waals surface area contributed by atoms with Crippen LogP contribution in [-0.2, 0) is 0 Å². The molecule has 1 aliphatic rings. The van der Waals surface area contributed by atoms with E-state index < -0.39 is 0 Å². The van der Waals surface area contributed by atoms with Crippen molar-refractivity contribution >= 4 is 96.2 Å². The Hall–Kier alpha value is -5.75. The lowest BCUT2D eigenvalue weighted by molar-refractivity contribution is 0.628. The summed E-state index contributed by atoms with van der Waals surface area (Å²) < 4.78 is 6.36. The van der Waals surface area contributed by atoms with Gasteiger partial charge in [0.1, 0.15) is 5.00 Å². The van der Waals surface area contributed by atoms with Crippen molar-refractivity contribution < 1.29 is 0 Å². The van der Waals surface area contributed by atoms with Crippen molar-refractivity contribution in [3.8, 4) is 11.1 Å². The van der Waals surface area contributed by atoms with Crippen LogP contribution in [0.4, 0.5) is 5.00 Å². The van der Waals surface area contributed by atoms with Gasteiger partial charge in [-0.2, -0.15) is 0 Å². The molecule has 0 saturated carbocycles. The number of hydrogen-bond acceptors (Lipinski definition) is 4. The van der Waals surface area contributed by atoms with Crippen LogP contribution in [0.3, 0.4) is 0 Å². The third-order valence-electron chi connectivity index (χ3n) is 10.0. The monoisotopic (exact) mass is 661 g/mol. The molecule has 5 heteroatoms. The fourth-order valence-electron chi connectivity index (χ4n) is 7.92. The first-order chi connectivity index (χ1) is 24.3. The number of benzene rings is 7. The van der Waals surface area contributed by atoms with Gasteiger partial charge in [-0.15, -0.1) is 22.7 Å². The molecule has 4 heterocycles. The lowest BCUT2D eigenvalue weighted by Gasteiger charge is -2.26. The van der Waals surface area contributed by atoms with Crippen LogP contribution in [0, 0.1) is 0 Å². The molecule has 3 aromatic heterocycles. The number of para-hydroxylation sites is 1. The fraction of sp³-hybridized carbons (Fsp3) is 0.0227. The van der Waals surface area contributed by atoms with E-state index in [4.69, 9.17) is 4.99 Å². The summed E-state index contributed by atoms with van der Waals surface area (Å²) in [5, 5.41) is 14.1. The Labute approximate surface area is 290 Å². The van der Waals surface area contributed by atoms with E-state index in [2.05, 4.69) is 162 Å². The van der Waals surface area contributed by atoms with Crippen molar-refractivity contribution in [1.82, 2.24) is 4.57 Å². The molecule has 3 nitrogen and oxygen atoms in total. The van der Waals surface area contributed by atoms with E-state index in [1.807, 2.05) is 22.7 Å². The number of nitrogens with zero attached hydrogens (tertiary/aromatic N) is 2. The maximum Gasteiger partial charge on any atom is 0.202 e. The Bertz CT molecular complexity index is 2960. The summed E-state index contributed by atoms with van der Waals surface area (Å²) in [5.74, 6) is 0. The maximum absolute atomic E-state index is 5.69. The van der Waals surface area contributed by atoms with Crippen molar-refractivity contribution in [3.63, 3.8) is 0 Å². The van der Waals surface area contributed by atoms with E-state index in [-0.39, 0.29) is 6.29 Å². The van der Waals surface area contributed by atoms with Crippen LogP contribution >= 0.6 is 22.7 Å². The van der Waals surface area contributed by atoms with Crippen molar-refractivity contribution in [2.75, 3.05) is 5.32 Å². The van der Waals surface area contributed by atoms with E-state index in [0.29, 0.717) is 0 Å². The van der Waals surface area contributed by atoms with Gasteiger partial charge in [-0.05, 0) is 34.7 Å². The fourth-order valence-corrected chi connectivity index (χ4v) is 10.3. The van der Waals surface area contributed by atoms with Crippen LogP contribution in [0.15, 0.2) is 157 Å². The normalized spacial score (nSPS) is 14.6. The molecule has 1 aliphatic heterocycles. The Morgan fingerprint density at radius 1 is 0.490 bits per heavy atom. The highest BCUT2D eigenvalue weighted by Crippen LogP contribution is 2.49. The zero-order valence-corrected chi connectivity index (χ0v) is 27.9. The topological polar surface area (TPSA) is 29.3 Å². The van der Waals surface area contributed by atoms with Crippen LogP contribution in [0.25, 0.3) is 74.0 Å². The molecule has 0 radical (unpaired) electrons. The summed E-state index contributed by atoms with van der Waals surface area (Å²) in [6.45, 7) is 0. The van der Waals surface area contributed by atoms with Gasteiger partial charge in [0, 0.05) is 57.5 Å². The number of thiophene rings is 2. The predicted molar refractivity (Wildman–Crippen MR) is 212 cm³/mol. The minimum absolute atomic E-state index is 0.352. The van der Waals surface area contributed by atoms with Crippen molar-refractivity contribution in [1.29, 1.82) is 0 Å². The zero-order chi connectivity index (χ0) is 32.1. The predicted octanol–water partition coefficient (Wildman–Crippen LogP) is 12.6. The molecular formula is C44H27N3S2. The van der Waals surface area contributed by atoms with E-state index in [1.54, 1.807) is 0 Å². The lowest BCUT2D eigenvalue weighted by atomic mass is 9.97. The van der Waals surface area contributed by atoms with Gasteiger partial charge in [-0.25, -0.2) is 4.99 Å². The van der Waals surface area contributed by atoms with Gasteiger partial charge in [0.2, 0.25) is 6.29 Å². The molecule has 0 bridgehead atoms. The smallest absolute Gasteiger partial charge is 0.202 e. The minimum Gasteiger partial charge on any atom is -0.338 e. The highest BCUT2D eigenvalue weighted by Gasteiger charge is 2.30. The van der Waals surface area contributed by atoms with Crippen LogP contribution in [0.2, 0.25) is 0 Å². The maximum atomic E-state index is 5.69. The largest absolute Gasteiger partial charge is 0.338 e. The second-order valence-electron chi connectivity index (χ2n) is 12.7. The van der Waals surface area contributed by atoms with E-state index >= 15 is 0 Å². The summed E-state index contributed by atoms with van der Waals surface area (Å²) in [5.41, 5.74) is 8.15. The molecule has 11 rings (SSSR count). The average Bonchev–Trinajstić information content (AvgIpc) is 3.85. The SMILES string of the molecule is c1ccc(-c2ccc(C3=NC(n4c5ccccc5c5c6ccccc6c6sc7ccccc7c6c54)Nc4sc5ccccc5c43)cc2)cc1. The molecule has 0 aliphatic carbocycles. The van der Waals surface area contributed by atoms with Gasteiger partial charge in [-0.3, -0.25) is 0 Å². The molecule has 0 fully saturated rings. The Morgan fingerprint density at radius 2 is 1.08 bits per heavy atom. The number of aromatic nitrogens is 1. The molecule has 1 N–H and O–H groups in total. The summed E-state index contributed by atoms with van der Waals surface area (Å²) in [7, 11) is 0. The van der Waals surface area contributed by atoms with Gasteiger partial charge >= 0.3 is 0 Å². The van der Waals surface area contributed by atoms with Gasteiger partial charge in [0.05, 0.1) is 16.7 Å². The first-order valence-electron chi connectivity index (χ1n) is 16.6. The molecule has 0 saturated heterocycles. The Balaban J connectivity index is 1.24. The van der Waals surface area contributed by atoms with Crippen LogP contribution in [0.5, 0.6) is 0 Å². The highest BCUT2D eigenvalue weighted by molar-refractivity contribution is 7.27. The van der Waals surface area contributed by atoms with Crippen molar-refractivity contribution in [3.05, 3.63) is 163 Å². The van der Waals surface area contributed by atoms with E-state index in [9.17, 15) is 0 Å². The molecule has 230 valence electrons. The Kier molecular flexibility index (Phi) is 5.76. The first-order valence-corrected chi connectivity index (χ1v) is 18.2. The summed E-state index contributed by atoms with van der Waals surface area (Å²) >= 11 is 3.71. The molecule has 7 aromatic carbocycles. The summed E-state index contributed by atoms with van der Waals surface area (Å²) in [6.07, 6.45) is -0.352. The quantitative estimate of drug-likeness (QED) is 0.201.